The van der Waals surface area contributed by atoms with Gasteiger partial charge in [-0.3, -0.25) is 19.1 Å². The fourth-order valence-electron chi connectivity index (χ4n) is 4.98. The molecule has 0 saturated heterocycles. The minimum atomic E-state index is -4.69. The van der Waals surface area contributed by atoms with Crippen molar-refractivity contribution in [3.63, 3.8) is 0 Å². The summed E-state index contributed by atoms with van der Waals surface area (Å²) < 4.78 is 81.7. The average Bonchev–Trinajstić information content (AvgIpc) is 3.08. The lowest BCUT2D eigenvalue weighted by atomic mass is 9.83. The molecule has 8 nitrogen and oxygen atoms in total. The fraction of sp³-hybridized carbons (Fsp3) is 0.484. The Hall–Kier alpha value is -3.59. The second-order valence-electron chi connectivity index (χ2n) is 11.2. The van der Waals surface area contributed by atoms with Gasteiger partial charge >= 0.3 is 12.4 Å². The van der Waals surface area contributed by atoms with Gasteiger partial charge in [0.25, 0.3) is 5.91 Å². The average molecular weight is 674 g/mol. The summed E-state index contributed by atoms with van der Waals surface area (Å²) in [5.74, 6) is -5.51. The number of alkyl halides is 6. The Labute approximate surface area is 268 Å². The van der Waals surface area contributed by atoms with Gasteiger partial charge in [-0.1, -0.05) is 48.5 Å². The number of aliphatic imine (C=N–C) groups is 1. The zero-order chi connectivity index (χ0) is 34.1. The summed E-state index contributed by atoms with van der Waals surface area (Å²) in [4.78, 5) is 48.3. The first-order valence-corrected chi connectivity index (χ1v) is 15.6. The van der Waals surface area contributed by atoms with Crippen LogP contribution in [-0.2, 0) is 14.4 Å². The Morgan fingerprint density at radius 1 is 0.913 bits per heavy atom. The van der Waals surface area contributed by atoms with Crippen LogP contribution in [0.1, 0.15) is 43.2 Å². The maximum Gasteiger partial charge on any atom is 0.389 e. The third-order valence-corrected chi connectivity index (χ3v) is 8.09. The Kier molecular flexibility index (Phi) is 13.1. The molecule has 0 bridgehead atoms. The highest BCUT2D eigenvalue weighted by molar-refractivity contribution is 7.97. The monoisotopic (exact) mass is 673 g/mol. The molecule has 0 spiro atoms. The van der Waals surface area contributed by atoms with Gasteiger partial charge in [-0.2, -0.15) is 26.3 Å². The van der Waals surface area contributed by atoms with Crippen LogP contribution in [0.15, 0.2) is 59.6 Å². The van der Waals surface area contributed by atoms with Crippen LogP contribution in [0, 0.1) is 11.8 Å². The molecule has 2 N–H and O–H groups in total. The molecule has 3 atom stereocenters. The number of fused-ring (bicyclic) bond motifs is 1. The van der Waals surface area contributed by atoms with Crippen LogP contribution < -0.4 is 14.9 Å². The summed E-state index contributed by atoms with van der Waals surface area (Å²) in [6.07, 6.45) is -15.6. The van der Waals surface area contributed by atoms with Crippen LogP contribution in [0.3, 0.4) is 0 Å². The maximum absolute atomic E-state index is 13.8. The number of anilines is 1. The molecule has 0 fully saturated rings. The Morgan fingerprint density at radius 3 is 2.15 bits per heavy atom. The largest absolute Gasteiger partial charge is 0.389 e. The molecule has 2 aromatic carbocycles. The van der Waals surface area contributed by atoms with Gasteiger partial charge in [0, 0.05) is 49.2 Å². The van der Waals surface area contributed by atoms with Crippen molar-refractivity contribution >= 4 is 41.1 Å². The molecule has 0 radical (unpaired) electrons. The lowest BCUT2D eigenvalue weighted by Crippen LogP contribution is -2.50. The Balaban J connectivity index is 1.99. The zero-order valence-corrected chi connectivity index (χ0v) is 26.4. The lowest BCUT2D eigenvalue weighted by Gasteiger charge is -2.28. The number of likely N-dealkylation sites (N-methyl/N-ethyl adjacent to an activating group) is 1. The molecule has 1 aliphatic heterocycles. The first kappa shape index (κ1) is 36.9. The highest BCUT2D eigenvalue weighted by atomic mass is 32.2. The normalized spacial score (nSPS) is 16.7. The van der Waals surface area contributed by atoms with E-state index in [2.05, 4.69) is 15.0 Å². The van der Waals surface area contributed by atoms with Crippen LogP contribution in [0.2, 0.25) is 0 Å². The first-order valence-electron chi connectivity index (χ1n) is 14.6. The minimum absolute atomic E-state index is 0.344. The molecule has 3 amide bonds. The van der Waals surface area contributed by atoms with Gasteiger partial charge in [-0.15, -0.1) is 0 Å². The fourth-order valence-corrected chi connectivity index (χ4v) is 5.83. The third kappa shape index (κ3) is 11.0. The van der Waals surface area contributed by atoms with E-state index in [1.807, 2.05) is 4.90 Å². The summed E-state index contributed by atoms with van der Waals surface area (Å²) in [6.45, 7) is 0.523. The first-order chi connectivity index (χ1) is 21.6. The molecule has 0 saturated carbocycles. The molecule has 0 aromatic heterocycles. The number of halogens is 6. The van der Waals surface area contributed by atoms with Gasteiger partial charge in [-0.25, -0.2) is 4.99 Å². The van der Waals surface area contributed by atoms with Gasteiger partial charge in [0.1, 0.15) is 0 Å². The van der Waals surface area contributed by atoms with Gasteiger partial charge in [0.15, 0.2) is 0 Å². The quantitative estimate of drug-likeness (QED) is 0.155. The summed E-state index contributed by atoms with van der Waals surface area (Å²) in [7, 11) is 5.03. The number of nitrogens with zero attached hydrogens (tertiary/aromatic N) is 3. The van der Waals surface area contributed by atoms with E-state index < -0.39 is 80.2 Å². The second-order valence-corrected chi connectivity index (χ2v) is 12.1. The zero-order valence-electron chi connectivity index (χ0n) is 25.6. The van der Waals surface area contributed by atoms with E-state index in [4.69, 9.17) is 0 Å². The van der Waals surface area contributed by atoms with Crippen molar-refractivity contribution in [3.05, 3.63) is 65.7 Å². The molecule has 3 rings (SSSR count). The topological polar surface area (TPSA) is 94.1 Å². The summed E-state index contributed by atoms with van der Waals surface area (Å²) >= 11 is 0.922. The molecule has 252 valence electrons. The van der Waals surface area contributed by atoms with Crippen molar-refractivity contribution in [2.75, 3.05) is 38.3 Å². The van der Waals surface area contributed by atoms with Crippen LogP contribution in [0.4, 0.5) is 32.0 Å². The summed E-state index contributed by atoms with van der Waals surface area (Å²) in [5.41, 5.74) is 2.00. The van der Waals surface area contributed by atoms with Crippen molar-refractivity contribution < 1.29 is 40.7 Å². The van der Waals surface area contributed by atoms with Crippen LogP contribution in [0.25, 0.3) is 0 Å². The van der Waals surface area contributed by atoms with E-state index in [0.29, 0.717) is 34.8 Å². The van der Waals surface area contributed by atoms with Crippen molar-refractivity contribution in [1.29, 1.82) is 0 Å². The highest BCUT2D eigenvalue weighted by Crippen LogP contribution is 2.33. The number of benzodiazepines with no additional fused rings is 1. The van der Waals surface area contributed by atoms with Gasteiger partial charge in [0.2, 0.25) is 18.0 Å². The summed E-state index contributed by atoms with van der Waals surface area (Å²) in [6, 6.07) is 15.6. The number of para-hydroxylation sites is 1. The van der Waals surface area contributed by atoms with E-state index in [9.17, 15) is 40.7 Å². The number of nitrogens with one attached hydrogen (secondary N) is 2. The number of carbonyl (C=O) groups is 3. The Morgan fingerprint density at radius 2 is 1.52 bits per heavy atom. The molecule has 0 aliphatic carbocycles. The van der Waals surface area contributed by atoms with Gasteiger partial charge in [0.05, 0.1) is 17.3 Å². The van der Waals surface area contributed by atoms with E-state index in [-0.39, 0.29) is 0 Å². The number of rotatable bonds is 14. The van der Waals surface area contributed by atoms with Crippen LogP contribution in [0.5, 0.6) is 0 Å². The number of amides is 3. The Bertz CT molecular complexity index is 1370. The van der Waals surface area contributed by atoms with Crippen molar-refractivity contribution in [1.82, 2.24) is 14.9 Å². The highest BCUT2D eigenvalue weighted by Gasteiger charge is 2.40. The molecule has 1 heterocycles. The molecular weight excluding hydrogens is 636 g/mol. The van der Waals surface area contributed by atoms with Crippen molar-refractivity contribution in [2.45, 2.75) is 50.6 Å². The van der Waals surface area contributed by atoms with Gasteiger partial charge < -0.3 is 15.1 Å². The molecule has 1 aliphatic rings. The van der Waals surface area contributed by atoms with Crippen LogP contribution in [-0.4, -0.2) is 80.3 Å². The molecular formula is C31H37F6N5O3S. The number of hydrogen-bond donors (Lipinski definition) is 2. The SMILES string of the molecule is CN(C)CCSNC(=O)[C@@H](CCC(F)(F)F)[C@@H](CCCC(F)(F)F)C(=O)N[C@H]1N=C(c2ccccc2)c2ccccc2N(C)C1=O. The van der Waals surface area contributed by atoms with Crippen molar-refractivity contribution in [2.24, 2.45) is 16.8 Å². The third-order valence-electron chi connectivity index (χ3n) is 7.36. The molecule has 46 heavy (non-hydrogen) atoms. The van der Waals surface area contributed by atoms with Gasteiger partial charge in [-0.05, 0) is 51.4 Å². The predicted octanol–water partition coefficient (Wildman–Crippen LogP) is 5.58. The van der Waals surface area contributed by atoms with E-state index in [1.54, 1.807) is 68.7 Å². The minimum Gasteiger partial charge on any atom is -0.326 e. The standard InChI is InChI=1S/C31H37F6N5O3S/c1-41(2)18-19-46-40-28(44)22(15-17-31(35,36)37)21(13-9-16-30(32,33)34)27(43)39-26-29(45)42(3)24-14-8-7-12-23(24)25(38-26)20-10-5-4-6-11-20/h4-8,10-12,14,21-22,26H,9,13,15-19H2,1-3H3,(H,39,43)(H,40,44)/t21-,22+,26-/m1/s1. The maximum atomic E-state index is 13.8. The second kappa shape index (κ2) is 16.3. The van der Waals surface area contributed by atoms with Crippen molar-refractivity contribution in [3.8, 4) is 0 Å². The predicted molar refractivity (Wildman–Crippen MR) is 165 cm³/mol. The van der Waals surface area contributed by atoms with E-state index in [1.165, 1.54) is 11.9 Å². The molecule has 15 heteroatoms. The smallest absolute Gasteiger partial charge is 0.326 e. The molecule has 0 unspecified atom stereocenters. The number of carbonyl (C=O) groups excluding carboxylic acids is 3. The molecule has 2 aromatic rings. The van der Waals surface area contributed by atoms with Crippen LogP contribution >= 0.6 is 11.9 Å². The van der Waals surface area contributed by atoms with E-state index >= 15 is 0 Å². The number of benzene rings is 2. The lowest BCUT2D eigenvalue weighted by molar-refractivity contribution is -0.147. The summed E-state index contributed by atoms with van der Waals surface area (Å²) in [5, 5.41) is 2.46. The number of hydrogen-bond acceptors (Lipinski definition) is 6. The van der Waals surface area contributed by atoms with E-state index in [0.717, 1.165) is 11.9 Å².